The van der Waals surface area contributed by atoms with Crippen LogP contribution in [-0.2, 0) is 0 Å². The number of aliphatic hydroxyl groups is 1. The highest BCUT2D eigenvalue weighted by Gasteiger charge is 2.22. The molecule has 3 nitrogen and oxygen atoms in total. The number of hydrogen-bond acceptors (Lipinski definition) is 3. The number of aromatic amines is 1. The van der Waals surface area contributed by atoms with Crippen LogP contribution in [0.15, 0.2) is 29.4 Å². The van der Waals surface area contributed by atoms with E-state index in [2.05, 4.69) is 9.97 Å². The van der Waals surface area contributed by atoms with Crippen LogP contribution in [0, 0.1) is 5.41 Å². The predicted octanol–water partition coefficient (Wildman–Crippen LogP) is 3.06. The minimum Gasteiger partial charge on any atom is -0.392 e. The van der Waals surface area contributed by atoms with Crippen molar-refractivity contribution in [1.82, 2.24) is 9.97 Å². The van der Waals surface area contributed by atoms with E-state index >= 15 is 0 Å². The first kappa shape index (κ1) is 12.5. The second kappa shape index (κ2) is 4.70. The van der Waals surface area contributed by atoms with Crippen molar-refractivity contribution in [3.8, 4) is 0 Å². The summed E-state index contributed by atoms with van der Waals surface area (Å²) in [6.45, 7) is 6.12. The number of aromatic nitrogens is 2. The first-order chi connectivity index (χ1) is 7.97. The number of aliphatic hydroxyl groups excluding tert-OH is 1. The molecular formula is C13H18N2OS. The minimum atomic E-state index is -0.333. The number of H-pyrrole nitrogens is 1. The largest absolute Gasteiger partial charge is 0.392 e. The average molecular weight is 250 g/mol. The van der Waals surface area contributed by atoms with E-state index in [1.54, 1.807) is 11.8 Å². The summed E-state index contributed by atoms with van der Waals surface area (Å²) in [6.07, 6.45) is -0.333. The molecule has 1 aromatic heterocycles. The number of imidazole rings is 1. The number of nitrogens with zero attached hydrogens (tertiary/aromatic N) is 1. The van der Waals surface area contributed by atoms with Gasteiger partial charge in [-0.1, -0.05) is 44.7 Å². The zero-order valence-electron chi connectivity index (χ0n) is 10.4. The molecule has 0 aliphatic carbocycles. The van der Waals surface area contributed by atoms with E-state index in [1.165, 1.54) is 0 Å². The maximum absolute atomic E-state index is 9.96. The van der Waals surface area contributed by atoms with Gasteiger partial charge in [-0.25, -0.2) is 4.98 Å². The van der Waals surface area contributed by atoms with Gasteiger partial charge in [-0.15, -0.1) is 0 Å². The molecule has 4 heteroatoms. The van der Waals surface area contributed by atoms with Gasteiger partial charge in [-0.3, -0.25) is 0 Å². The number of benzene rings is 1. The normalized spacial score (nSPS) is 14.1. The highest BCUT2D eigenvalue weighted by Crippen LogP contribution is 2.26. The van der Waals surface area contributed by atoms with E-state index in [0.717, 1.165) is 16.2 Å². The Bertz CT molecular complexity index is 468. The van der Waals surface area contributed by atoms with Gasteiger partial charge in [0.25, 0.3) is 0 Å². The fourth-order valence-corrected chi connectivity index (χ4v) is 2.57. The van der Waals surface area contributed by atoms with Gasteiger partial charge in [-0.2, -0.15) is 0 Å². The van der Waals surface area contributed by atoms with Gasteiger partial charge >= 0.3 is 0 Å². The van der Waals surface area contributed by atoms with E-state index < -0.39 is 0 Å². The number of rotatable bonds is 3. The highest BCUT2D eigenvalue weighted by atomic mass is 32.2. The molecule has 2 aromatic rings. The Morgan fingerprint density at radius 2 is 2.06 bits per heavy atom. The van der Waals surface area contributed by atoms with Crippen molar-refractivity contribution in [1.29, 1.82) is 0 Å². The lowest BCUT2D eigenvalue weighted by atomic mass is 9.90. The van der Waals surface area contributed by atoms with Crippen LogP contribution in [0.3, 0.4) is 0 Å². The second-order valence-corrected chi connectivity index (χ2v) is 6.26. The summed E-state index contributed by atoms with van der Waals surface area (Å²) in [5.74, 6) is 0.656. The monoisotopic (exact) mass is 250 g/mol. The molecule has 0 saturated heterocycles. The van der Waals surface area contributed by atoms with Crippen LogP contribution in [0.2, 0.25) is 0 Å². The quantitative estimate of drug-likeness (QED) is 0.823. The zero-order chi connectivity index (χ0) is 12.5. The number of thioether (sulfide) groups is 1. The lowest BCUT2D eigenvalue weighted by molar-refractivity contribution is 0.0842. The Balaban J connectivity index is 2.04. The molecule has 0 aliphatic heterocycles. The number of hydrogen-bond donors (Lipinski definition) is 2. The van der Waals surface area contributed by atoms with Crippen LogP contribution in [0.4, 0.5) is 0 Å². The van der Waals surface area contributed by atoms with Gasteiger partial charge < -0.3 is 10.1 Å². The van der Waals surface area contributed by atoms with E-state index in [0.29, 0.717) is 5.75 Å². The maximum Gasteiger partial charge on any atom is 0.166 e. The van der Waals surface area contributed by atoms with Crippen LogP contribution < -0.4 is 0 Å². The number of para-hydroxylation sites is 2. The second-order valence-electron chi connectivity index (χ2n) is 5.25. The molecule has 1 unspecified atom stereocenters. The molecule has 0 bridgehead atoms. The van der Waals surface area contributed by atoms with Crippen LogP contribution >= 0.6 is 11.8 Å². The van der Waals surface area contributed by atoms with Crippen LogP contribution in [-0.4, -0.2) is 26.9 Å². The molecule has 2 N–H and O–H groups in total. The fourth-order valence-electron chi connectivity index (χ4n) is 1.41. The summed E-state index contributed by atoms with van der Waals surface area (Å²) in [5, 5.41) is 10.8. The number of nitrogens with one attached hydrogen (secondary N) is 1. The molecule has 0 saturated carbocycles. The highest BCUT2D eigenvalue weighted by molar-refractivity contribution is 7.99. The van der Waals surface area contributed by atoms with Gasteiger partial charge in [0.15, 0.2) is 5.16 Å². The van der Waals surface area contributed by atoms with E-state index in [9.17, 15) is 5.11 Å². The topological polar surface area (TPSA) is 48.9 Å². The third kappa shape index (κ3) is 3.01. The Hall–Kier alpha value is -1.00. The van der Waals surface area contributed by atoms with Crippen molar-refractivity contribution in [2.45, 2.75) is 32.0 Å². The molecule has 1 atom stereocenters. The molecule has 0 fully saturated rings. The number of fused-ring (bicyclic) bond motifs is 1. The molecule has 0 amide bonds. The zero-order valence-corrected chi connectivity index (χ0v) is 11.2. The lowest BCUT2D eigenvalue weighted by Gasteiger charge is -2.24. The molecule has 92 valence electrons. The third-order valence-corrected chi connectivity index (χ3v) is 3.69. The Kier molecular flexibility index (Phi) is 3.45. The molecule has 0 spiro atoms. The summed E-state index contributed by atoms with van der Waals surface area (Å²) in [6, 6.07) is 7.95. The molecule has 2 rings (SSSR count). The molecular weight excluding hydrogens is 232 g/mol. The SMILES string of the molecule is CC(C)(C)C(O)CSc1nc2ccccc2[nH]1. The summed E-state index contributed by atoms with van der Waals surface area (Å²) in [7, 11) is 0. The fraction of sp³-hybridized carbons (Fsp3) is 0.462. The molecule has 17 heavy (non-hydrogen) atoms. The first-order valence-electron chi connectivity index (χ1n) is 5.72. The van der Waals surface area contributed by atoms with Crippen molar-refractivity contribution in [2.75, 3.05) is 5.75 Å². The molecule has 0 radical (unpaired) electrons. The van der Waals surface area contributed by atoms with Gasteiger partial charge in [0.1, 0.15) is 0 Å². The minimum absolute atomic E-state index is 0.0843. The van der Waals surface area contributed by atoms with Gasteiger partial charge in [0.2, 0.25) is 0 Å². The third-order valence-electron chi connectivity index (χ3n) is 2.75. The first-order valence-corrected chi connectivity index (χ1v) is 6.71. The molecule has 0 aliphatic rings. The van der Waals surface area contributed by atoms with E-state index in [-0.39, 0.29) is 11.5 Å². The lowest BCUT2D eigenvalue weighted by Crippen LogP contribution is -2.28. The standard InChI is InChI=1S/C13H18N2OS/c1-13(2,3)11(16)8-17-12-14-9-6-4-5-7-10(9)15-12/h4-7,11,16H,8H2,1-3H3,(H,14,15). The predicted molar refractivity (Wildman–Crippen MR) is 72.3 cm³/mol. The maximum atomic E-state index is 9.96. The smallest absolute Gasteiger partial charge is 0.166 e. The average Bonchev–Trinajstić information content (AvgIpc) is 2.66. The summed E-state index contributed by atoms with van der Waals surface area (Å²) < 4.78 is 0. The van der Waals surface area contributed by atoms with Crippen molar-refractivity contribution in [3.05, 3.63) is 24.3 Å². The van der Waals surface area contributed by atoms with Crippen LogP contribution in [0.1, 0.15) is 20.8 Å². The Labute approximate surface area is 106 Å². The Morgan fingerprint density at radius 3 is 2.71 bits per heavy atom. The molecule has 1 heterocycles. The molecule has 1 aromatic carbocycles. The van der Waals surface area contributed by atoms with Crippen LogP contribution in [0.5, 0.6) is 0 Å². The Morgan fingerprint density at radius 1 is 1.35 bits per heavy atom. The van der Waals surface area contributed by atoms with Gasteiger partial charge in [-0.05, 0) is 17.5 Å². The van der Waals surface area contributed by atoms with Crippen LogP contribution in [0.25, 0.3) is 11.0 Å². The van der Waals surface area contributed by atoms with Gasteiger partial charge in [0, 0.05) is 5.75 Å². The summed E-state index contributed by atoms with van der Waals surface area (Å²) in [4.78, 5) is 7.71. The summed E-state index contributed by atoms with van der Waals surface area (Å²) >= 11 is 1.56. The van der Waals surface area contributed by atoms with Crippen molar-refractivity contribution in [2.24, 2.45) is 5.41 Å². The summed E-state index contributed by atoms with van der Waals surface area (Å²) in [5.41, 5.74) is 1.93. The van der Waals surface area contributed by atoms with Crippen molar-refractivity contribution in [3.63, 3.8) is 0 Å². The van der Waals surface area contributed by atoms with E-state index in [1.807, 2.05) is 45.0 Å². The van der Waals surface area contributed by atoms with Gasteiger partial charge in [0.05, 0.1) is 17.1 Å². The van der Waals surface area contributed by atoms with Crippen molar-refractivity contribution < 1.29 is 5.11 Å². The van der Waals surface area contributed by atoms with Crippen molar-refractivity contribution >= 4 is 22.8 Å². The van der Waals surface area contributed by atoms with E-state index in [4.69, 9.17) is 0 Å².